The maximum absolute atomic E-state index is 13.3. The summed E-state index contributed by atoms with van der Waals surface area (Å²) >= 11 is 0. The van der Waals surface area contributed by atoms with Crippen LogP contribution in [0, 0.1) is 0 Å². The van der Waals surface area contributed by atoms with E-state index < -0.39 is 6.43 Å². The molecule has 0 spiro atoms. The number of rotatable bonds is 3. The van der Waals surface area contributed by atoms with Gasteiger partial charge in [-0.25, -0.2) is 13.8 Å². The lowest BCUT2D eigenvalue weighted by Gasteiger charge is -2.36. The van der Waals surface area contributed by atoms with Gasteiger partial charge in [-0.2, -0.15) is 0 Å². The number of nitrogens with zero attached hydrogens (tertiary/aromatic N) is 2. The van der Waals surface area contributed by atoms with Crippen molar-refractivity contribution in [1.29, 1.82) is 0 Å². The highest BCUT2D eigenvalue weighted by Crippen LogP contribution is 2.40. The molecule has 0 amide bonds. The third-order valence-corrected chi connectivity index (χ3v) is 3.95. The van der Waals surface area contributed by atoms with Crippen molar-refractivity contribution in [2.45, 2.75) is 25.0 Å². The maximum Gasteiger partial charge on any atom is 0.267 e. The minimum atomic E-state index is -2.58. The number of halogens is 2. The van der Waals surface area contributed by atoms with E-state index in [-0.39, 0.29) is 23.5 Å². The first kappa shape index (κ1) is 14.5. The Balaban J connectivity index is 2.03. The Morgan fingerprint density at radius 1 is 1.57 bits per heavy atom. The molecule has 2 aliphatic rings. The van der Waals surface area contributed by atoms with Crippen LogP contribution in [0.4, 0.5) is 14.6 Å². The number of piperazine rings is 1. The molecular formula is C14H19F2N3O2. The van der Waals surface area contributed by atoms with Crippen molar-refractivity contribution in [3.8, 4) is 5.75 Å². The Kier molecular flexibility index (Phi) is 4.21. The Labute approximate surface area is 122 Å². The average Bonchev–Trinajstić information content (AvgIpc) is 2.63. The average molecular weight is 299 g/mol. The fourth-order valence-corrected chi connectivity index (χ4v) is 3.01. The highest BCUT2D eigenvalue weighted by Gasteiger charge is 2.35. The number of anilines is 1. The first-order valence-electron chi connectivity index (χ1n) is 7.10. The van der Waals surface area contributed by atoms with Crippen molar-refractivity contribution in [2.24, 2.45) is 0 Å². The maximum atomic E-state index is 13.3. The van der Waals surface area contributed by atoms with Crippen LogP contribution < -0.4 is 15.0 Å². The van der Waals surface area contributed by atoms with Crippen LogP contribution >= 0.6 is 0 Å². The molecule has 116 valence electrons. The molecule has 3 heterocycles. The molecule has 7 heteroatoms. The van der Waals surface area contributed by atoms with Gasteiger partial charge in [0.15, 0.2) is 11.6 Å². The lowest BCUT2D eigenvalue weighted by atomic mass is 10.1. The zero-order valence-electron chi connectivity index (χ0n) is 11.9. The molecule has 1 aromatic heterocycles. The predicted molar refractivity (Wildman–Crippen MR) is 74.1 cm³/mol. The van der Waals surface area contributed by atoms with Gasteiger partial charge in [-0.3, -0.25) is 0 Å². The van der Waals surface area contributed by atoms with E-state index in [2.05, 4.69) is 15.2 Å². The number of nitrogens with one attached hydrogen (secondary N) is 1. The van der Waals surface area contributed by atoms with Gasteiger partial charge in [0.25, 0.3) is 6.43 Å². The summed E-state index contributed by atoms with van der Waals surface area (Å²) in [4.78, 5) is 6.38. The summed E-state index contributed by atoms with van der Waals surface area (Å²) in [5.41, 5.74) is -0.0970. The summed E-state index contributed by atoms with van der Waals surface area (Å²) in [6.45, 7) is 2.72. The van der Waals surface area contributed by atoms with Gasteiger partial charge in [0.05, 0.1) is 12.2 Å². The summed E-state index contributed by atoms with van der Waals surface area (Å²) in [5.74, 6) is 0.733. The van der Waals surface area contributed by atoms with Gasteiger partial charge in [0.1, 0.15) is 6.10 Å². The minimum Gasteiger partial charge on any atom is -0.484 e. The second-order valence-electron chi connectivity index (χ2n) is 5.34. The first-order valence-corrected chi connectivity index (χ1v) is 7.10. The number of methoxy groups -OCH3 is 1. The molecule has 0 aliphatic carbocycles. The van der Waals surface area contributed by atoms with Crippen molar-refractivity contribution < 1.29 is 18.3 Å². The summed E-state index contributed by atoms with van der Waals surface area (Å²) < 4.78 is 37.5. The second-order valence-corrected chi connectivity index (χ2v) is 5.34. The molecule has 0 unspecified atom stereocenters. The number of fused-ring (bicyclic) bond motifs is 3. The fraction of sp³-hybridized carbons (Fsp3) is 0.643. The Morgan fingerprint density at radius 2 is 2.43 bits per heavy atom. The molecular weight excluding hydrogens is 280 g/mol. The molecule has 3 rings (SSSR count). The monoisotopic (exact) mass is 299 g/mol. The van der Waals surface area contributed by atoms with E-state index >= 15 is 0 Å². The number of pyridine rings is 1. The number of alkyl halides is 2. The van der Waals surface area contributed by atoms with Crippen LogP contribution in [-0.4, -0.2) is 50.5 Å². The molecule has 2 aliphatic heterocycles. The molecule has 2 atom stereocenters. The Hall–Kier alpha value is -1.47. The topological polar surface area (TPSA) is 46.6 Å². The number of ether oxygens (including phenoxy) is 2. The van der Waals surface area contributed by atoms with Crippen molar-refractivity contribution in [2.75, 3.05) is 38.3 Å². The van der Waals surface area contributed by atoms with Gasteiger partial charge in [-0.1, -0.05) is 0 Å². The fourth-order valence-electron chi connectivity index (χ4n) is 3.01. The Bertz CT molecular complexity index is 501. The van der Waals surface area contributed by atoms with Gasteiger partial charge in [0, 0.05) is 45.4 Å². The van der Waals surface area contributed by atoms with E-state index in [0.29, 0.717) is 12.4 Å². The lowest BCUT2D eigenvalue weighted by molar-refractivity contribution is 0.0696. The van der Waals surface area contributed by atoms with E-state index in [0.717, 1.165) is 26.1 Å². The van der Waals surface area contributed by atoms with E-state index in [4.69, 9.17) is 9.47 Å². The first-order chi connectivity index (χ1) is 10.2. The zero-order valence-corrected chi connectivity index (χ0v) is 11.9. The molecule has 1 aromatic rings. The number of hydrogen-bond donors (Lipinski definition) is 1. The van der Waals surface area contributed by atoms with Gasteiger partial charge in [-0.15, -0.1) is 0 Å². The highest BCUT2D eigenvalue weighted by atomic mass is 19.3. The smallest absolute Gasteiger partial charge is 0.267 e. The van der Waals surface area contributed by atoms with Crippen LogP contribution in [0.15, 0.2) is 12.3 Å². The number of aromatic nitrogens is 1. The molecule has 0 aromatic carbocycles. The van der Waals surface area contributed by atoms with E-state index in [1.54, 1.807) is 7.11 Å². The van der Waals surface area contributed by atoms with Crippen LogP contribution in [0.5, 0.6) is 5.75 Å². The standard InChI is InChI=1S/C14H19F2N3O2/c1-20-8-10-6-9-7-17-4-5-19(9)14-12(21-10)11(13(15)16)2-3-18-14/h2-3,9-10,13,17H,4-8H2,1H3/t9-,10+/m1/s1. The van der Waals surface area contributed by atoms with Crippen LogP contribution in [0.1, 0.15) is 18.4 Å². The van der Waals surface area contributed by atoms with Gasteiger partial charge in [-0.05, 0) is 6.07 Å². The summed E-state index contributed by atoms with van der Waals surface area (Å²) in [7, 11) is 1.59. The molecule has 21 heavy (non-hydrogen) atoms. The zero-order chi connectivity index (χ0) is 14.8. The van der Waals surface area contributed by atoms with Gasteiger partial charge in [0.2, 0.25) is 0 Å². The molecule has 1 N–H and O–H groups in total. The summed E-state index contributed by atoms with van der Waals surface area (Å²) in [6, 6.07) is 1.51. The third kappa shape index (κ3) is 2.80. The van der Waals surface area contributed by atoms with Crippen molar-refractivity contribution in [3.05, 3.63) is 17.8 Å². The van der Waals surface area contributed by atoms with E-state index in [9.17, 15) is 8.78 Å². The van der Waals surface area contributed by atoms with Crippen LogP contribution in [-0.2, 0) is 4.74 Å². The van der Waals surface area contributed by atoms with Gasteiger partial charge >= 0.3 is 0 Å². The molecule has 0 radical (unpaired) electrons. The molecule has 1 saturated heterocycles. The van der Waals surface area contributed by atoms with Gasteiger partial charge < -0.3 is 19.7 Å². The minimum absolute atomic E-state index is 0.0970. The molecule has 5 nitrogen and oxygen atoms in total. The normalized spacial score (nSPS) is 25.0. The van der Waals surface area contributed by atoms with Crippen molar-refractivity contribution in [3.63, 3.8) is 0 Å². The third-order valence-electron chi connectivity index (χ3n) is 3.95. The Morgan fingerprint density at radius 3 is 3.19 bits per heavy atom. The van der Waals surface area contributed by atoms with Crippen LogP contribution in [0.2, 0.25) is 0 Å². The van der Waals surface area contributed by atoms with E-state index in [1.807, 2.05) is 0 Å². The van der Waals surface area contributed by atoms with Crippen LogP contribution in [0.25, 0.3) is 0 Å². The largest absolute Gasteiger partial charge is 0.484 e. The van der Waals surface area contributed by atoms with Crippen molar-refractivity contribution in [1.82, 2.24) is 10.3 Å². The van der Waals surface area contributed by atoms with E-state index in [1.165, 1.54) is 12.3 Å². The molecule has 0 bridgehead atoms. The SMILES string of the molecule is COC[C@@H]1C[C@@H]2CNCCN2c2nccc(C(F)F)c2O1. The molecule has 0 saturated carbocycles. The lowest BCUT2D eigenvalue weighted by Crippen LogP contribution is -2.52. The summed E-state index contributed by atoms with van der Waals surface area (Å²) in [5, 5.41) is 3.33. The van der Waals surface area contributed by atoms with Crippen LogP contribution in [0.3, 0.4) is 0 Å². The quantitative estimate of drug-likeness (QED) is 0.918. The van der Waals surface area contributed by atoms with Crippen molar-refractivity contribution >= 4 is 5.82 Å². The summed E-state index contributed by atoms with van der Waals surface area (Å²) in [6.07, 6.45) is -0.672. The number of hydrogen-bond acceptors (Lipinski definition) is 5. The molecule has 1 fully saturated rings. The highest BCUT2D eigenvalue weighted by molar-refractivity contribution is 5.58. The predicted octanol–water partition coefficient (Wildman–Crippen LogP) is 1.59. The second kappa shape index (κ2) is 6.11.